The second kappa shape index (κ2) is 33.1. The molecule has 0 unspecified atom stereocenters. The van der Waals surface area contributed by atoms with Gasteiger partial charge in [-0.2, -0.15) is 0 Å². The number of hydrogen-bond acceptors (Lipinski definition) is 10. The highest BCUT2D eigenvalue weighted by molar-refractivity contribution is 6.01. The zero-order chi connectivity index (χ0) is 83.6. The Kier molecular flexibility index (Phi) is 19.8. The first-order valence-corrected chi connectivity index (χ1v) is 42.2. The summed E-state index contributed by atoms with van der Waals surface area (Å²) in [5, 5.41) is 20.0. The first-order chi connectivity index (χ1) is 62.4. The summed E-state index contributed by atoms with van der Waals surface area (Å²) in [5.41, 5.74) is 16.6. The number of hydrogen-bond donors (Lipinski definition) is 0. The van der Waals surface area contributed by atoms with E-state index in [9.17, 15) is 0 Å². The van der Waals surface area contributed by atoms with Crippen LogP contribution in [0, 0.1) is 0 Å². The molecule has 10 nitrogen and oxygen atoms in total. The minimum Gasteiger partial charge on any atom is -0.256 e. The topological polar surface area (TPSA) is 129 Å². The van der Waals surface area contributed by atoms with Gasteiger partial charge in [-0.1, -0.05) is 406 Å². The lowest BCUT2D eigenvalue weighted by molar-refractivity contribution is 1.07. The molecule has 0 fully saturated rings. The van der Waals surface area contributed by atoms with Crippen LogP contribution in [0.15, 0.2) is 449 Å². The van der Waals surface area contributed by atoms with Gasteiger partial charge in [-0.3, -0.25) is 4.98 Å². The Morgan fingerprint density at radius 3 is 0.706 bits per heavy atom. The number of fused-ring (bicyclic) bond motifs is 9. The molecule has 0 aliphatic rings. The van der Waals surface area contributed by atoms with Crippen LogP contribution in [0.25, 0.3) is 233 Å². The molecule has 0 amide bonds. The molecule has 0 saturated heterocycles. The fourth-order valence-electron chi connectivity index (χ4n) is 17.0. The summed E-state index contributed by atoms with van der Waals surface area (Å²) in [4.78, 5) is 49.8. The van der Waals surface area contributed by atoms with Gasteiger partial charge in [0.25, 0.3) is 0 Å². The second-order valence-corrected chi connectivity index (χ2v) is 31.4. The van der Waals surface area contributed by atoms with Gasteiger partial charge in [0.05, 0.1) is 5.52 Å². The molecule has 4 aromatic heterocycles. The minimum absolute atomic E-state index is 0.638. The standard InChI is InChI=1S/2C39H25N3.C38H24N4/c1-4-16-31-26(10-1)13-7-19-32(31)29-22-24-30(25-23-29)37-40-38(35-20-8-14-27-11-2-5-17-33(27)35)42-39(41-37)36-21-9-15-28-12-3-6-18-34(28)36;1-4-10-31-23-34(20-15-26(31)7-1)29-13-18-30(19-14-29)37-40-38(35-21-16-27-8-2-5-11-32(27)24-35)42-39(41-37)36-22-17-28-9-3-6-12-33(28)25-36;1-3-9-30-23-32(20-14-25(30)7-1)37-40-36(41-38(42-37)33-21-15-26-8-2-4-10-31(26)24-33)29-18-16-27(17-19-29)34-13-5-11-28-12-6-22-39-35(28)34/h2*1-25H;1-24H. The normalized spacial score (nSPS) is 11.3. The highest BCUT2D eigenvalue weighted by Gasteiger charge is 2.21. The Bertz CT molecular complexity index is 7980. The smallest absolute Gasteiger partial charge is 0.164 e. The molecule has 0 aliphatic carbocycles. The fourth-order valence-corrected chi connectivity index (χ4v) is 17.0. The number of nitrogens with zero attached hydrogens (tertiary/aromatic N) is 10. The maximum absolute atomic E-state index is 5.08. The Morgan fingerprint density at radius 1 is 0.119 bits per heavy atom. The zero-order valence-corrected chi connectivity index (χ0v) is 68.2. The Morgan fingerprint density at radius 2 is 0.341 bits per heavy atom. The summed E-state index contributed by atoms with van der Waals surface area (Å²) in [5.74, 6) is 5.89. The van der Waals surface area contributed by atoms with E-state index in [-0.39, 0.29) is 0 Å². The molecule has 0 saturated carbocycles. The molecule has 0 radical (unpaired) electrons. The molecule has 24 rings (SSSR count). The van der Waals surface area contributed by atoms with E-state index < -0.39 is 0 Å². The minimum atomic E-state index is 0.638. The van der Waals surface area contributed by atoms with Crippen molar-refractivity contribution in [3.8, 4) is 136 Å². The first-order valence-electron chi connectivity index (χ1n) is 42.2. The molecule has 10 heteroatoms. The first kappa shape index (κ1) is 75.2. The molecular formula is C116H74N10. The molecule has 588 valence electrons. The van der Waals surface area contributed by atoms with Crippen molar-refractivity contribution in [3.05, 3.63) is 449 Å². The molecule has 24 aromatic rings. The number of pyridine rings is 1. The summed E-state index contributed by atoms with van der Waals surface area (Å²) in [7, 11) is 0. The lowest BCUT2D eigenvalue weighted by Gasteiger charge is -2.12. The van der Waals surface area contributed by atoms with Crippen molar-refractivity contribution in [3.63, 3.8) is 0 Å². The van der Waals surface area contributed by atoms with E-state index in [0.717, 1.165) is 126 Å². The highest BCUT2D eigenvalue weighted by atomic mass is 15.1. The summed E-state index contributed by atoms with van der Waals surface area (Å²) >= 11 is 0. The molecule has 20 aromatic carbocycles. The molecule has 0 atom stereocenters. The molecular weight excluding hydrogens is 1530 g/mol. The molecule has 0 aliphatic heterocycles. The van der Waals surface area contributed by atoms with E-state index in [1.807, 2.05) is 12.3 Å². The van der Waals surface area contributed by atoms with Crippen LogP contribution in [-0.4, -0.2) is 49.8 Å². The highest BCUT2D eigenvalue weighted by Crippen LogP contribution is 2.39. The van der Waals surface area contributed by atoms with Gasteiger partial charge in [-0.05, 0) is 150 Å². The predicted molar refractivity (Wildman–Crippen MR) is 520 cm³/mol. The van der Waals surface area contributed by atoms with E-state index >= 15 is 0 Å². The average Bonchev–Trinajstić information content (AvgIpc) is 0.776. The summed E-state index contributed by atoms with van der Waals surface area (Å²) < 4.78 is 0. The predicted octanol–water partition coefficient (Wildman–Crippen LogP) is 29.4. The van der Waals surface area contributed by atoms with Gasteiger partial charge in [0.1, 0.15) is 0 Å². The van der Waals surface area contributed by atoms with Gasteiger partial charge < -0.3 is 0 Å². The van der Waals surface area contributed by atoms with E-state index in [0.29, 0.717) is 52.4 Å². The number of aromatic nitrogens is 10. The van der Waals surface area contributed by atoms with E-state index in [4.69, 9.17) is 44.9 Å². The molecule has 126 heavy (non-hydrogen) atoms. The zero-order valence-electron chi connectivity index (χ0n) is 68.2. The van der Waals surface area contributed by atoms with Crippen molar-refractivity contribution in [1.29, 1.82) is 0 Å². The SMILES string of the molecule is c1ccc2c(-c3ccc(-c4nc(-c5cccc6ccccc56)nc(-c5cccc6ccccc56)n4)cc3)cccc2c1.c1ccc2cc(-c3ccc(-c4nc(-c5ccc6ccccc6c5)nc(-c5ccc6ccccc6c5)n4)cc3)ccc2c1.c1ccc2cc(-c3nc(-c4ccc(-c5cccc6cccnc56)cc4)nc(-c4ccc5ccccc5c4)n3)ccc2c1. The van der Waals surface area contributed by atoms with Crippen LogP contribution < -0.4 is 0 Å². The Labute approximate surface area is 727 Å². The van der Waals surface area contributed by atoms with Crippen molar-refractivity contribution in [1.82, 2.24) is 49.8 Å². The van der Waals surface area contributed by atoms with Gasteiger partial charge in [0, 0.05) is 67.2 Å². The van der Waals surface area contributed by atoms with Gasteiger partial charge in [-0.25, -0.2) is 44.9 Å². The van der Waals surface area contributed by atoms with E-state index in [1.165, 1.54) is 54.2 Å². The van der Waals surface area contributed by atoms with Gasteiger partial charge in [0.2, 0.25) is 0 Å². The molecule has 0 bridgehead atoms. The monoisotopic (exact) mass is 1610 g/mol. The van der Waals surface area contributed by atoms with E-state index in [2.05, 4.69) is 442 Å². The third kappa shape index (κ3) is 15.2. The third-order valence-electron chi connectivity index (χ3n) is 23.6. The number of rotatable bonds is 12. The van der Waals surface area contributed by atoms with Crippen molar-refractivity contribution in [2.24, 2.45) is 0 Å². The second-order valence-electron chi connectivity index (χ2n) is 31.4. The quantitative estimate of drug-likeness (QED) is 0.117. The summed E-state index contributed by atoms with van der Waals surface area (Å²) in [6.07, 6.45) is 1.84. The average molecular weight is 1610 g/mol. The summed E-state index contributed by atoms with van der Waals surface area (Å²) in [6.45, 7) is 0. The lowest BCUT2D eigenvalue weighted by atomic mass is 9.97. The third-order valence-corrected chi connectivity index (χ3v) is 23.6. The van der Waals surface area contributed by atoms with Gasteiger partial charge in [-0.15, -0.1) is 0 Å². The summed E-state index contributed by atoms with van der Waals surface area (Å²) in [6, 6.07) is 154. The van der Waals surface area contributed by atoms with Crippen LogP contribution in [0.5, 0.6) is 0 Å². The van der Waals surface area contributed by atoms with Crippen LogP contribution in [0.4, 0.5) is 0 Å². The van der Waals surface area contributed by atoms with Crippen molar-refractivity contribution < 1.29 is 0 Å². The Balaban J connectivity index is 0.000000112. The largest absolute Gasteiger partial charge is 0.256 e. The molecule has 0 N–H and O–H groups in total. The maximum Gasteiger partial charge on any atom is 0.164 e. The van der Waals surface area contributed by atoms with Crippen LogP contribution in [0.2, 0.25) is 0 Å². The fraction of sp³-hybridized carbons (Fsp3) is 0. The lowest BCUT2D eigenvalue weighted by Crippen LogP contribution is -2.01. The van der Waals surface area contributed by atoms with Crippen molar-refractivity contribution in [2.75, 3.05) is 0 Å². The van der Waals surface area contributed by atoms with Gasteiger partial charge in [0.15, 0.2) is 52.4 Å². The van der Waals surface area contributed by atoms with Crippen molar-refractivity contribution >= 4 is 97.1 Å². The number of benzene rings is 20. The van der Waals surface area contributed by atoms with Crippen LogP contribution in [0.3, 0.4) is 0 Å². The Hall–Kier alpha value is -17.1. The van der Waals surface area contributed by atoms with Crippen LogP contribution >= 0.6 is 0 Å². The molecule has 4 heterocycles. The van der Waals surface area contributed by atoms with Crippen molar-refractivity contribution in [2.45, 2.75) is 0 Å². The number of para-hydroxylation sites is 1. The van der Waals surface area contributed by atoms with Crippen LogP contribution in [0.1, 0.15) is 0 Å². The van der Waals surface area contributed by atoms with E-state index in [1.54, 1.807) is 0 Å². The van der Waals surface area contributed by atoms with Gasteiger partial charge >= 0.3 is 0 Å². The maximum atomic E-state index is 5.08. The molecule has 0 spiro atoms. The van der Waals surface area contributed by atoms with Crippen LogP contribution in [-0.2, 0) is 0 Å².